The van der Waals surface area contributed by atoms with Crippen molar-refractivity contribution in [3.63, 3.8) is 0 Å². The predicted octanol–water partition coefficient (Wildman–Crippen LogP) is 4.09. The van der Waals surface area contributed by atoms with Gasteiger partial charge in [-0.25, -0.2) is 14.2 Å². The zero-order valence-electron chi connectivity index (χ0n) is 16.5. The van der Waals surface area contributed by atoms with Gasteiger partial charge in [0.15, 0.2) is 5.65 Å². The molecule has 1 fully saturated rings. The van der Waals surface area contributed by atoms with E-state index in [-0.39, 0.29) is 28.6 Å². The maximum atomic E-state index is 15.0. The number of halogens is 2. The third-order valence-corrected chi connectivity index (χ3v) is 5.72. The molecule has 3 aromatic heterocycles. The fraction of sp³-hybridized carbons (Fsp3) is 0.273. The van der Waals surface area contributed by atoms with Crippen LogP contribution in [0, 0.1) is 5.82 Å². The lowest BCUT2D eigenvalue weighted by Crippen LogP contribution is -2.54. The fourth-order valence-electron chi connectivity index (χ4n) is 4.17. The summed E-state index contributed by atoms with van der Waals surface area (Å²) in [6, 6.07) is 8.79. The molecule has 5 rings (SSSR count). The van der Waals surface area contributed by atoms with Gasteiger partial charge in [0, 0.05) is 49.3 Å². The van der Waals surface area contributed by atoms with Gasteiger partial charge in [0.2, 0.25) is 0 Å². The molecule has 1 aromatic carbocycles. The molecule has 0 spiro atoms. The van der Waals surface area contributed by atoms with E-state index in [0.717, 1.165) is 13.1 Å². The van der Waals surface area contributed by atoms with Crippen molar-refractivity contribution in [1.29, 1.82) is 0 Å². The third-order valence-electron chi connectivity index (χ3n) is 5.42. The van der Waals surface area contributed by atoms with E-state index in [4.69, 9.17) is 16.0 Å². The number of anilines is 1. The smallest absolute Gasteiger partial charge is 0.345 e. The molecular weight excluding hydrogens is 407 g/mol. The minimum Gasteiger partial charge on any atom is -0.422 e. The fourth-order valence-corrected chi connectivity index (χ4v) is 4.38. The molecule has 2 atom stereocenters. The number of rotatable bonds is 2. The molecule has 0 radical (unpaired) electrons. The Morgan fingerprint density at radius 3 is 2.73 bits per heavy atom. The molecule has 6 nitrogen and oxygen atoms in total. The Labute approximate surface area is 176 Å². The number of piperazine rings is 1. The second-order valence-corrected chi connectivity index (χ2v) is 8.28. The Hall–Kier alpha value is -2.90. The highest BCUT2D eigenvalue weighted by molar-refractivity contribution is 6.33. The van der Waals surface area contributed by atoms with Crippen LogP contribution in [-0.4, -0.2) is 34.6 Å². The van der Waals surface area contributed by atoms with E-state index in [1.165, 1.54) is 12.1 Å². The lowest BCUT2D eigenvalue weighted by Gasteiger charge is -2.37. The Morgan fingerprint density at radius 2 is 2.00 bits per heavy atom. The van der Waals surface area contributed by atoms with E-state index in [1.807, 2.05) is 0 Å². The molecule has 8 heteroatoms. The molecule has 4 heterocycles. The zero-order chi connectivity index (χ0) is 21.0. The number of fused-ring (bicyclic) bond motifs is 2. The number of hydrogen-bond acceptors (Lipinski definition) is 5. The van der Waals surface area contributed by atoms with Crippen LogP contribution in [0.2, 0.25) is 5.02 Å². The normalized spacial score (nSPS) is 19.7. The van der Waals surface area contributed by atoms with Gasteiger partial charge in [-0.05, 0) is 38.1 Å². The first-order valence-electron chi connectivity index (χ1n) is 9.81. The summed E-state index contributed by atoms with van der Waals surface area (Å²) < 4.78 is 22.3. The number of nitrogens with zero attached hydrogens (tertiary/aromatic N) is 3. The van der Waals surface area contributed by atoms with E-state index in [1.54, 1.807) is 35.0 Å². The molecule has 1 aliphatic heterocycles. The van der Waals surface area contributed by atoms with E-state index in [9.17, 15) is 4.79 Å². The summed E-state index contributed by atoms with van der Waals surface area (Å²) in [5.74, 6) is -0.437. The summed E-state index contributed by atoms with van der Waals surface area (Å²) in [7, 11) is 0. The molecule has 0 amide bonds. The quantitative estimate of drug-likeness (QED) is 0.489. The van der Waals surface area contributed by atoms with Crippen LogP contribution >= 0.6 is 11.6 Å². The summed E-state index contributed by atoms with van der Waals surface area (Å²) in [4.78, 5) is 19.2. The second kappa shape index (κ2) is 7.11. The van der Waals surface area contributed by atoms with E-state index in [0.29, 0.717) is 22.1 Å². The Bertz CT molecular complexity index is 1320. The highest BCUT2D eigenvalue weighted by Gasteiger charge is 2.23. The van der Waals surface area contributed by atoms with Gasteiger partial charge in [-0.15, -0.1) is 0 Å². The van der Waals surface area contributed by atoms with Crippen molar-refractivity contribution in [3.8, 4) is 11.3 Å². The number of nitrogens with one attached hydrogen (secondary N) is 1. The van der Waals surface area contributed by atoms with Gasteiger partial charge >= 0.3 is 5.63 Å². The van der Waals surface area contributed by atoms with Gasteiger partial charge in [-0.3, -0.25) is 0 Å². The maximum Gasteiger partial charge on any atom is 0.345 e. The van der Waals surface area contributed by atoms with Crippen LogP contribution in [-0.2, 0) is 0 Å². The summed E-state index contributed by atoms with van der Waals surface area (Å²) >= 11 is 6.18. The lowest BCUT2D eigenvalue weighted by molar-refractivity contribution is 0.406. The molecule has 0 aliphatic carbocycles. The molecule has 1 N–H and O–H groups in total. The van der Waals surface area contributed by atoms with Crippen LogP contribution in [0.5, 0.6) is 0 Å². The average molecular weight is 427 g/mol. The molecule has 0 saturated carbocycles. The standard InChI is InChI=1S/C22H20ClFN4O2/c1-12-9-28(10-13(2)25-12)14-6-18(24)15-8-16(22(29)30-20(15)7-14)19-11-27-5-3-4-17(23)21(27)26-19/h3-8,11-13,25H,9-10H2,1-2H3. The Kier molecular flexibility index (Phi) is 4.52. The zero-order valence-corrected chi connectivity index (χ0v) is 17.3. The molecule has 0 bridgehead atoms. The third kappa shape index (κ3) is 3.24. The molecule has 4 aromatic rings. The number of benzene rings is 1. The highest BCUT2D eigenvalue weighted by atomic mass is 35.5. The van der Waals surface area contributed by atoms with Crippen LogP contribution in [0.1, 0.15) is 13.8 Å². The maximum absolute atomic E-state index is 15.0. The van der Waals surface area contributed by atoms with E-state index in [2.05, 4.69) is 29.0 Å². The first-order valence-corrected chi connectivity index (χ1v) is 10.2. The first kappa shape index (κ1) is 19.1. The number of imidazole rings is 1. The van der Waals surface area contributed by atoms with Crippen molar-refractivity contribution in [2.75, 3.05) is 18.0 Å². The minimum absolute atomic E-state index is 0.193. The van der Waals surface area contributed by atoms with Crippen LogP contribution in [0.15, 0.2) is 51.9 Å². The predicted molar refractivity (Wildman–Crippen MR) is 116 cm³/mol. The van der Waals surface area contributed by atoms with Gasteiger partial charge < -0.3 is 19.0 Å². The van der Waals surface area contributed by atoms with Gasteiger partial charge in [0.1, 0.15) is 11.4 Å². The first-order chi connectivity index (χ1) is 14.4. The van der Waals surface area contributed by atoms with Gasteiger partial charge in [0.25, 0.3) is 0 Å². The van der Waals surface area contributed by atoms with E-state index < -0.39 is 11.4 Å². The Morgan fingerprint density at radius 1 is 1.23 bits per heavy atom. The van der Waals surface area contributed by atoms with Crippen molar-refractivity contribution in [2.45, 2.75) is 25.9 Å². The largest absolute Gasteiger partial charge is 0.422 e. The van der Waals surface area contributed by atoms with Gasteiger partial charge in [0.05, 0.1) is 21.7 Å². The summed E-state index contributed by atoms with van der Waals surface area (Å²) in [6.07, 6.45) is 3.46. The Balaban J connectivity index is 1.61. The van der Waals surface area contributed by atoms with E-state index >= 15 is 4.39 Å². The molecule has 154 valence electrons. The van der Waals surface area contributed by atoms with Crippen LogP contribution in [0.3, 0.4) is 0 Å². The van der Waals surface area contributed by atoms with Crippen molar-refractivity contribution in [2.24, 2.45) is 0 Å². The molecule has 1 aliphatic rings. The molecule has 2 unspecified atom stereocenters. The van der Waals surface area contributed by atoms with Crippen molar-refractivity contribution >= 4 is 33.9 Å². The number of aromatic nitrogens is 2. The number of hydrogen-bond donors (Lipinski definition) is 1. The van der Waals surface area contributed by atoms with Crippen molar-refractivity contribution < 1.29 is 8.81 Å². The van der Waals surface area contributed by atoms with Crippen LogP contribution in [0.25, 0.3) is 27.9 Å². The number of pyridine rings is 1. The minimum atomic E-state index is -0.569. The van der Waals surface area contributed by atoms with Gasteiger partial charge in [-0.2, -0.15) is 0 Å². The second-order valence-electron chi connectivity index (χ2n) is 7.87. The summed E-state index contributed by atoms with van der Waals surface area (Å²) in [6.45, 7) is 5.68. The molecule has 1 saturated heterocycles. The summed E-state index contributed by atoms with van der Waals surface area (Å²) in [5.41, 5.74) is 1.45. The molecule has 30 heavy (non-hydrogen) atoms. The highest BCUT2D eigenvalue weighted by Crippen LogP contribution is 2.29. The lowest BCUT2D eigenvalue weighted by atomic mass is 10.1. The monoisotopic (exact) mass is 426 g/mol. The van der Waals surface area contributed by atoms with Crippen LogP contribution < -0.4 is 15.8 Å². The average Bonchev–Trinajstić information content (AvgIpc) is 3.12. The molecular formula is C22H20ClFN4O2. The topological polar surface area (TPSA) is 62.8 Å². The van der Waals surface area contributed by atoms with Crippen molar-refractivity contribution in [3.05, 3.63) is 64.0 Å². The summed E-state index contributed by atoms with van der Waals surface area (Å²) in [5, 5.41) is 4.16. The SMILES string of the molecule is CC1CN(c2cc(F)c3cc(-c4cn5cccc(Cl)c5n4)c(=O)oc3c2)CC(C)N1. The van der Waals surface area contributed by atoms with Crippen molar-refractivity contribution in [1.82, 2.24) is 14.7 Å². The van der Waals surface area contributed by atoms with Gasteiger partial charge in [-0.1, -0.05) is 11.6 Å². The van der Waals surface area contributed by atoms with Crippen LogP contribution in [0.4, 0.5) is 10.1 Å².